The zero-order valence-electron chi connectivity index (χ0n) is 10.1. The summed E-state index contributed by atoms with van der Waals surface area (Å²) < 4.78 is 5.31. The fourth-order valence-corrected chi connectivity index (χ4v) is 1.74. The lowest BCUT2D eigenvalue weighted by molar-refractivity contribution is 0.294. The lowest BCUT2D eigenvalue weighted by Crippen LogP contribution is -2.27. The molecule has 5 heteroatoms. The second-order valence-electron chi connectivity index (χ2n) is 5.21. The highest BCUT2D eigenvalue weighted by atomic mass is 35.5. The lowest BCUT2D eigenvalue weighted by atomic mass is 9.96. The topological polar surface area (TPSA) is 51.0 Å². The highest BCUT2D eigenvalue weighted by Crippen LogP contribution is 2.24. The molecule has 1 aliphatic heterocycles. The van der Waals surface area contributed by atoms with Crippen LogP contribution < -0.4 is 5.32 Å². The number of aromatic nitrogens is 2. The van der Waals surface area contributed by atoms with Crippen molar-refractivity contribution < 1.29 is 4.52 Å². The van der Waals surface area contributed by atoms with E-state index in [1.54, 1.807) is 0 Å². The second-order valence-corrected chi connectivity index (χ2v) is 5.21. The van der Waals surface area contributed by atoms with Crippen molar-refractivity contribution in [1.29, 1.82) is 0 Å². The Morgan fingerprint density at radius 2 is 2.06 bits per heavy atom. The number of hydrogen-bond acceptors (Lipinski definition) is 4. The molecule has 1 N–H and O–H groups in total. The van der Waals surface area contributed by atoms with Crippen LogP contribution in [-0.4, -0.2) is 16.7 Å². The minimum Gasteiger partial charge on any atom is -0.338 e. The molecule has 1 aromatic rings. The van der Waals surface area contributed by atoms with Crippen molar-refractivity contribution >= 4 is 12.4 Å². The molecule has 1 atom stereocenters. The van der Waals surface area contributed by atoms with Crippen molar-refractivity contribution in [1.82, 2.24) is 15.5 Å². The van der Waals surface area contributed by atoms with Crippen LogP contribution in [0.5, 0.6) is 0 Å². The van der Waals surface area contributed by atoms with Gasteiger partial charge in [0, 0.05) is 5.41 Å². The maximum Gasteiger partial charge on any atom is 0.243 e. The number of piperidine rings is 1. The Labute approximate surface area is 103 Å². The van der Waals surface area contributed by atoms with Crippen LogP contribution in [-0.2, 0) is 5.41 Å². The monoisotopic (exact) mass is 245 g/mol. The lowest BCUT2D eigenvalue weighted by Gasteiger charge is -2.19. The predicted octanol–water partition coefficient (Wildman–Crippen LogP) is 2.60. The van der Waals surface area contributed by atoms with Gasteiger partial charge in [0.05, 0.1) is 6.04 Å². The van der Waals surface area contributed by atoms with Gasteiger partial charge in [0.2, 0.25) is 5.89 Å². The fraction of sp³-hybridized carbons (Fsp3) is 0.818. The summed E-state index contributed by atoms with van der Waals surface area (Å²) in [4.78, 5) is 4.46. The van der Waals surface area contributed by atoms with E-state index in [0.717, 1.165) is 24.7 Å². The largest absolute Gasteiger partial charge is 0.338 e. The molecule has 0 amide bonds. The first-order valence-electron chi connectivity index (χ1n) is 5.65. The molecule has 1 fully saturated rings. The van der Waals surface area contributed by atoms with Crippen molar-refractivity contribution in [2.24, 2.45) is 0 Å². The van der Waals surface area contributed by atoms with Gasteiger partial charge in [-0.05, 0) is 19.4 Å². The molecule has 2 heterocycles. The zero-order valence-corrected chi connectivity index (χ0v) is 10.9. The van der Waals surface area contributed by atoms with Gasteiger partial charge < -0.3 is 9.84 Å². The maximum atomic E-state index is 5.31. The van der Waals surface area contributed by atoms with E-state index < -0.39 is 0 Å². The molecular formula is C11H20ClN3O. The fourth-order valence-electron chi connectivity index (χ4n) is 1.74. The highest BCUT2D eigenvalue weighted by molar-refractivity contribution is 5.85. The average Bonchev–Trinajstić information content (AvgIpc) is 2.67. The van der Waals surface area contributed by atoms with Crippen LogP contribution in [0.25, 0.3) is 0 Å². The normalized spacial score (nSPS) is 21.6. The minimum absolute atomic E-state index is 0. The van der Waals surface area contributed by atoms with Crippen LogP contribution in [0.15, 0.2) is 4.52 Å². The number of nitrogens with one attached hydrogen (secondary N) is 1. The van der Waals surface area contributed by atoms with Crippen LogP contribution in [0.3, 0.4) is 0 Å². The van der Waals surface area contributed by atoms with Crippen LogP contribution in [0.2, 0.25) is 0 Å². The minimum atomic E-state index is -0.0313. The summed E-state index contributed by atoms with van der Waals surface area (Å²) in [7, 11) is 0. The van der Waals surface area contributed by atoms with E-state index in [9.17, 15) is 0 Å². The molecule has 2 rings (SSSR count). The van der Waals surface area contributed by atoms with Crippen molar-refractivity contribution in [2.45, 2.75) is 51.5 Å². The Balaban J connectivity index is 0.00000128. The van der Waals surface area contributed by atoms with E-state index in [1.807, 2.05) is 0 Å². The summed E-state index contributed by atoms with van der Waals surface area (Å²) >= 11 is 0. The first-order chi connectivity index (χ1) is 7.07. The Bertz CT molecular complexity index is 326. The van der Waals surface area contributed by atoms with Gasteiger partial charge in [0.15, 0.2) is 5.82 Å². The van der Waals surface area contributed by atoms with Crippen LogP contribution in [0, 0.1) is 0 Å². The van der Waals surface area contributed by atoms with Gasteiger partial charge in [-0.1, -0.05) is 32.3 Å². The third-order valence-electron chi connectivity index (χ3n) is 2.72. The van der Waals surface area contributed by atoms with Gasteiger partial charge >= 0.3 is 0 Å². The molecule has 1 aliphatic rings. The van der Waals surface area contributed by atoms with Crippen molar-refractivity contribution in [3.8, 4) is 0 Å². The van der Waals surface area contributed by atoms with Gasteiger partial charge in [0.1, 0.15) is 0 Å². The van der Waals surface area contributed by atoms with E-state index in [0.29, 0.717) is 0 Å². The van der Waals surface area contributed by atoms with Crippen molar-refractivity contribution in [3.63, 3.8) is 0 Å². The van der Waals surface area contributed by atoms with E-state index in [1.165, 1.54) is 12.8 Å². The van der Waals surface area contributed by atoms with E-state index in [-0.39, 0.29) is 23.9 Å². The first kappa shape index (κ1) is 13.5. The molecular weight excluding hydrogens is 226 g/mol. The Morgan fingerprint density at radius 3 is 2.56 bits per heavy atom. The summed E-state index contributed by atoms with van der Waals surface area (Å²) in [5.41, 5.74) is -0.0313. The molecule has 0 unspecified atom stereocenters. The number of halogens is 1. The van der Waals surface area contributed by atoms with Crippen molar-refractivity contribution in [2.75, 3.05) is 6.54 Å². The molecule has 92 valence electrons. The third-order valence-corrected chi connectivity index (χ3v) is 2.72. The molecule has 0 radical (unpaired) electrons. The van der Waals surface area contributed by atoms with Gasteiger partial charge in [-0.2, -0.15) is 4.98 Å². The van der Waals surface area contributed by atoms with E-state index in [4.69, 9.17) is 4.52 Å². The molecule has 0 bridgehead atoms. The molecule has 4 nitrogen and oxygen atoms in total. The van der Waals surface area contributed by atoms with Gasteiger partial charge in [-0.3, -0.25) is 0 Å². The Morgan fingerprint density at radius 1 is 1.31 bits per heavy atom. The molecule has 0 spiro atoms. The zero-order chi connectivity index (χ0) is 10.9. The van der Waals surface area contributed by atoms with Crippen LogP contribution in [0.1, 0.15) is 57.8 Å². The predicted molar refractivity (Wildman–Crippen MR) is 64.8 cm³/mol. The molecule has 16 heavy (non-hydrogen) atoms. The Hall–Kier alpha value is -0.610. The number of hydrogen-bond donors (Lipinski definition) is 1. The number of rotatable bonds is 1. The summed E-state index contributed by atoms with van der Waals surface area (Å²) in [6.45, 7) is 7.33. The molecule has 0 aliphatic carbocycles. The maximum absolute atomic E-state index is 5.31. The van der Waals surface area contributed by atoms with Crippen molar-refractivity contribution in [3.05, 3.63) is 11.7 Å². The summed E-state index contributed by atoms with van der Waals surface area (Å²) in [6, 6.07) is 0.266. The molecule has 1 aromatic heterocycles. The van der Waals surface area contributed by atoms with Gasteiger partial charge in [0.25, 0.3) is 0 Å². The summed E-state index contributed by atoms with van der Waals surface area (Å²) in [5, 5.41) is 7.44. The van der Waals surface area contributed by atoms with Crippen LogP contribution >= 0.6 is 12.4 Å². The van der Waals surface area contributed by atoms with Crippen LogP contribution in [0.4, 0.5) is 0 Å². The highest BCUT2D eigenvalue weighted by Gasteiger charge is 2.25. The Kier molecular flexibility index (Phi) is 4.33. The average molecular weight is 246 g/mol. The second kappa shape index (κ2) is 5.15. The van der Waals surface area contributed by atoms with Gasteiger partial charge in [-0.15, -0.1) is 12.4 Å². The number of nitrogens with zero attached hydrogens (tertiary/aromatic N) is 2. The van der Waals surface area contributed by atoms with Gasteiger partial charge in [-0.25, -0.2) is 0 Å². The standard InChI is InChI=1S/C11H19N3O.ClH/c1-11(2,3)10-13-9(15-14-10)8-6-4-5-7-12-8;/h8,12H,4-7H2,1-3H3;1H/t8-;/m1./s1. The molecule has 1 saturated heterocycles. The molecule has 0 saturated carbocycles. The first-order valence-corrected chi connectivity index (χ1v) is 5.65. The smallest absolute Gasteiger partial charge is 0.243 e. The molecule has 0 aromatic carbocycles. The SMILES string of the molecule is CC(C)(C)c1noc([C@H]2CCCCN2)n1.Cl. The van der Waals surface area contributed by atoms with E-state index >= 15 is 0 Å². The third kappa shape index (κ3) is 2.95. The quantitative estimate of drug-likeness (QED) is 0.826. The summed E-state index contributed by atoms with van der Waals surface area (Å²) in [6.07, 6.45) is 3.59. The summed E-state index contributed by atoms with van der Waals surface area (Å²) in [5.74, 6) is 1.55. The van der Waals surface area contributed by atoms with E-state index in [2.05, 4.69) is 36.2 Å².